The first-order valence-electron chi connectivity index (χ1n) is 7.86. The molecule has 0 atom stereocenters. The maximum atomic E-state index is 12.4. The summed E-state index contributed by atoms with van der Waals surface area (Å²) in [5.74, 6) is -0.143. The van der Waals surface area contributed by atoms with E-state index >= 15 is 0 Å². The highest BCUT2D eigenvalue weighted by molar-refractivity contribution is 5.92. The molecule has 116 valence electrons. The van der Waals surface area contributed by atoms with Gasteiger partial charge in [0.25, 0.3) is 5.91 Å². The van der Waals surface area contributed by atoms with E-state index in [1.54, 1.807) is 12.3 Å². The summed E-state index contributed by atoms with van der Waals surface area (Å²) in [6.45, 7) is 6.27. The van der Waals surface area contributed by atoms with Crippen LogP contribution >= 0.6 is 0 Å². The zero-order valence-corrected chi connectivity index (χ0v) is 13.6. The van der Waals surface area contributed by atoms with Crippen molar-refractivity contribution in [2.45, 2.75) is 45.6 Å². The van der Waals surface area contributed by atoms with Gasteiger partial charge in [-0.1, -0.05) is 43.7 Å². The molecule has 0 saturated heterocycles. The number of nitrogens with zero attached hydrogens (tertiary/aromatic N) is 1. The lowest BCUT2D eigenvalue weighted by Crippen LogP contribution is -2.42. The van der Waals surface area contributed by atoms with Crippen molar-refractivity contribution in [2.75, 3.05) is 0 Å². The van der Waals surface area contributed by atoms with Gasteiger partial charge in [-0.25, -0.2) is 0 Å². The Morgan fingerprint density at radius 3 is 2.55 bits per heavy atom. The summed E-state index contributed by atoms with van der Waals surface area (Å²) in [5.41, 5.74) is 2.49. The van der Waals surface area contributed by atoms with Crippen molar-refractivity contribution in [1.29, 1.82) is 0 Å². The lowest BCUT2D eigenvalue weighted by atomic mass is 9.88. The molecule has 0 unspecified atom stereocenters. The molecule has 3 nitrogen and oxygen atoms in total. The van der Waals surface area contributed by atoms with Crippen LogP contribution in [-0.4, -0.2) is 10.9 Å². The number of nitrogens with one attached hydrogen (secondary N) is 1. The van der Waals surface area contributed by atoms with Crippen molar-refractivity contribution < 1.29 is 4.79 Å². The highest BCUT2D eigenvalue weighted by Crippen LogP contribution is 2.25. The molecule has 0 aliphatic rings. The molecule has 1 aromatic carbocycles. The number of hydrogen-bond donors (Lipinski definition) is 1. The first kappa shape index (κ1) is 16.2. The number of aromatic nitrogens is 1. The predicted octanol–water partition coefficient (Wildman–Crippen LogP) is 4.09. The fourth-order valence-corrected chi connectivity index (χ4v) is 2.63. The topological polar surface area (TPSA) is 42.0 Å². The molecule has 1 heterocycles. The fourth-order valence-electron chi connectivity index (χ4n) is 2.63. The van der Waals surface area contributed by atoms with Crippen molar-refractivity contribution in [1.82, 2.24) is 10.3 Å². The molecule has 0 saturated carbocycles. The highest BCUT2D eigenvalue weighted by atomic mass is 16.2. The van der Waals surface area contributed by atoms with E-state index in [-0.39, 0.29) is 5.91 Å². The van der Waals surface area contributed by atoms with Gasteiger partial charge in [0.05, 0.1) is 5.54 Å². The van der Waals surface area contributed by atoms with Gasteiger partial charge < -0.3 is 5.32 Å². The molecule has 1 N–H and O–H groups in total. The molecule has 0 fully saturated rings. The third kappa shape index (κ3) is 3.94. The zero-order chi connectivity index (χ0) is 16.0. The Hall–Kier alpha value is -2.16. The minimum atomic E-state index is -0.432. The van der Waals surface area contributed by atoms with Crippen LogP contribution in [0.5, 0.6) is 0 Å². The molecule has 1 amide bonds. The van der Waals surface area contributed by atoms with E-state index in [0.29, 0.717) is 5.69 Å². The summed E-state index contributed by atoms with van der Waals surface area (Å²) in [4.78, 5) is 16.5. The molecular formula is C19H24N2O. The number of amides is 1. The summed E-state index contributed by atoms with van der Waals surface area (Å²) >= 11 is 0. The van der Waals surface area contributed by atoms with Crippen LogP contribution in [0, 0.1) is 0 Å². The van der Waals surface area contributed by atoms with Crippen LogP contribution in [0.1, 0.15) is 55.2 Å². The minimum Gasteiger partial charge on any atom is -0.342 e. The lowest BCUT2D eigenvalue weighted by Gasteiger charge is -2.29. The molecule has 0 aliphatic heterocycles. The van der Waals surface area contributed by atoms with E-state index in [9.17, 15) is 4.79 Å². The number of hydrogen-bond acceptors (Lipinski definition) is 2. The number of aryl methyl sites for hydroxylation is 1. The van der Waals surface area contributed by atoms with Gasteiger partial charge in [-0.05, 0) is 49.9 Å². The van der Waals surface area contributed by atoms with Crippen LogP contribution in [0.4, 0.5) is 0 Å². The third-order valence-electron chi connectivity index (χ3n) is 3.81. The average molecular weight is 296 g/mol. The zero-order valence-electron chi connectivity index (χ0n) is 13.6. The Morgan fingerprint density at radius 2 is 1.86 bits per heavy atom. The molecule has 0 spiro atoms. The predicted molar refractivity (Wildman–Crippen MR) is 89.8 cm³/mol. The number of rotatable bonds is 6. The Bertz CT molecular complexity index is 620. The van der Waals surface area contributed by atoms with Gasteiger partial charge in [-0.2, -0.15) is 0 Å². The molecule has 3 heteroatoms. The van der Waals surface area contributed by atoms with Crippen LogP contribution < -0.4 is 5.32 Å². The van der Waals surface area contributed by atoms with Crippen LogP contribution in [0.3, 0.4) is 0 Å². The normalized spacial score (nSPS) is 11.2. The van der Waals surface area contributed by atoms with E-state index in [4.69, 9.17) is 0 Å². The summed E-state index contributed by atoms with van der Waals surface area (Å²) in [7, 11) is 0. The summed E-state index contributed by atoms with van der Waals surface area (Å²) in [5, 5.41) is 3.10. The Labute approximate surface area is 132 Å². The van der Waals surface area contributed by atoms with Crippen molar-refractivity contribution in [3.05, 3.63) is 65.5 Å². The molecule has 2 rings (SSSR count). The highest BCUT2D eigenvalue weighted by Gasteiger charge is 2.26. The molecule has 0 aliphatic carbocycles. The van der Waals surface area contributed by atoms with Crippen LogP contribution in [0.2, 0.25) is 0 Å². The average Bonchev–Trinajstić information content (AvgIpc) is 2.53. The summed E-state index contributed by atoms with van der Waals surface area (Å²) in [6.07, 6.45) is 4.99. The van der Waals surface area contributed by atoms with Gasteiger partial charge >= 0.3 is 0 Å². The number of unbranched alkanes of at least 4 members (excludes halogenated alkanes) is 1. The van der Waals surface area contributed by atoms with Crippen LogP contribution in [0.25, 0.3) is 0 Å². The summed E-state index contributed by atoms with van der Waals surface area (Å²) < 4.78 is 0. The van der Waals surface area contributed by atoms with Crippen molar-refractivity contribution in [3.63, 3.8) is 0 Å². The number of benzene rings is 1. The molecular weight excluding hydrogens is 272 g/mol. The second kappa shape index (κ2) is 7.21. The third-order valence-corrected chi connectivity index (χ3v) is 3.81. The van der Waals surface area contributed by atoms with Gasteiger partial charge in [0.2, 0.25) is 0 Å². The van der Waals surface area contributed by atoms with Gasteiger partial charge in [-0.15, -0.1) is 0 Å². The largest absolute Gasteiger partial charge is 0.342 e. The maximum Gasteiger partial charge on any atom is 0.270 e. The van der Waals surface area contributed by atoms with Gasteiger partial charge in [0.1, 0.15) is 5.69 Å². The standard InChI is InChI=1S/C19H24N2O/c1-4-5-10-15-11-6-7-12-16(15)19(2,3)21-18(22)17-13-8-9-14-20-17/h6-9,11-14H,4-5,10H2,1-3H3,(H,21,22). The minimum absolute atomic E-state index is 0.143. The van der Waals surface area contributed by atoms with Crippen molar-refractivity contribution in [2.24, 2.45) is 0 Å². The number of carbonyl (C=O) groups is 1. The monoisotopic (exact) mass is 296 g/mol. The van der Waals surface area contributed by atoms with Crippen LogP contribution in [-0.2, 0) is 12.0 Å². The van der Waals surface area contributed by atoms with Gasteiger partial charge in [0.15, 0.2) is 0 Å². The van der Waals surface area contributed by atoms with Gasteiger partial charge in [0, 0.05) is 6.20 Å². The molecule has 22 heavy (non-hydrogen) atoms. The van der Waals surface area contributed by atoms with E-state index in [2.05, 4.69) is 35.4 Å². The second-order valence-corrected chi connectivity index (χ2v) is 6.05. The van der Waals surface area contributed by atoms with E-state index < -0.39 is 5.54 Å². The summed E-state index contributed by atoms with van der Waals surface area (Å²) in [6, 6.07) is 13.7. The van der Waals surface area contributed by atoms with Crippen LogP contribution in [0.15, 0.2) is 48.7 Å². The Balaban J connectivity index is 2.21. The molecule has 0 radical (unpaired) electrons. The molecule has 1 aromatic heterocycles. The quantitative estimate of drug-likeness (QED) is 0.872. The number of carbonyl (C=O) groups excluding carboxylic acids is 1. The number of pyridine rings is 1. The second-order valence-electron chi connectivity index (χ2n) is 6.05. The van der Waals surface area contributed by atoms with Crippen molar-refractivity contribution in [3.8, 4) is 0 Å². The van der Waals surface area contributed by atoms with Gasteiger partial charge in [-0.3, -0.25) is 9.78 Å². The van der Waals surface area contributed by atoms with Crippen molar-refractivity contribution >= 4 is 5.91 Å². The smallest absolute Gasteiger partial charge is 0.270 e. The molecule has 0 bridgehead atoms. The first-order chi connectivity index (χ1) is 10.5. The van der Waals surface area contributed by atoms with E-state index in [1.807, 2.05) is 32.0 Å². The SMILES string of the molecule is CCCCc1ccccc1C(C)(C)NC(=O)c1ccccn1. The molecule has 2 aromatic rings. The first-order valence-corrected chi connectivity index (χ1v) is 7.86. The Kier molecular flexibility index (Phi) is 5.31. The van der Waals surface area contributed by atoms with E-state index in [0.717, 1.165) is 19.3 Å². The maximum absolute atomic E-state index is 12.4. The lowest BCUT2D eigenvalue weighted by molar-refractivity contribution is 0.0906. The van der Waals surface area contributed by atoms with E-state index in [1.165, 1.54) is 11.1 Å². The Morgan fingerprint density at radius 1 is 1.14 bits per heavy atom. The fraction of sp³-hybridized carbons (Fsp3) is 0.368.